The number of fused-ring (bicyclic) bond motifs is 1. The lowest BCUT2D eigenvalue weighted by atomic mass is 9.78. The molecule has 2 aromatic rings. The number of pyridine rings is 1. The van der Waals surface area contributed by atoms with Crippen molar-refractivity contribution in [3.63, 3.8) is 0 Å². The molecule has 1 aliphatic rings. The number of aromatic nitrogens is 3. The number of hydrogen-bond acceptors (Lipinski definition) is 4. The topological polar surface area (TPSA) is 80.0 Å². The molecule has 2 heterocycles. The van der Waals surface area contributed by atoms with E-state index >= 15 is 0 Å². The smallest absolute Gasteiger partial charge is 0.229 e. The van der Waals surface area contributed by atoms with E-state index in [1.54, 1.807) is 19.1 Å². The average Bonchev–Trinajstić information content (AvgIpc) is 2.89. The molecule has 0 bridgehead atoms. The fourth-order valence-corrected chi connectivity index (χ4v) is 3.32. The van der Waals surface area contributed by atoms with E-state index in [1.165, 1.54) is 0 Å². The summed E-state index contributed by atoms with van der Waals surface area (Å²) in [6.45, 7) is 2.76. The van der Waals surface area contributed by atoms with Gasteiger partial charge < -0.3 is 5.11 Å². The Morgan fingerprint density at radius 2 is 2.20 bits per heavy atom. The fraction of sp³-hybridized carbons (Fsp3) is 0.588. The second-order valence-electron chi connectivity index (χ2n) is 7.03. The van der Waals surface area contributed by atoms with Crippen LogP contribution in [0.1, 0.15) is 46.0 Å². The first-order valence-corrected chi connectivity index (χ1v) is 8.82. The second kappa shape index (κ2) is 6.53. The molecular formula is C17H22ClFN4O2. The Bertz CT molecular complexity index is 799. The lowest BCUT2D eigenvalue weighted by Gasteiger charge is -2.40. The van der Waals surface area contributed by atoms with Crippen molar-refractivity contribution in [3.8, 4) is 0 Å². The van der Waals surface area contributed by atoms with Gasteiger partial charge in [-0.05, 0) is 44.7 Å². The maximum Gasteiger partial charge on any atom is 0.229 e. The van der Waals surface area contributed by atoms with Crippen LogP contribution >= 0.6 is 11.6 Å². The molecule has 25 heavy (non-hydrogen) atoms. The Kier molecular flexibility index (Phi) is 4.72. The van der Waals surface area contributed by atoms with Gasteiger partial charge in [0.1, 0.15) is 22.9 Å². The summed E-state index contributed by atoms with van der Waals surface area (Å²) in [5.41, 5.74) is -0.607. The van der Waals surface area contributed by atoms with Gasteiger partial charge in [-0.1, -0.05) is 18.5 Å². The molecule has 2 aromatic heterocycles. The highest BCUT2D eigenvalue weighted by atomic mass is 35.5. The van der Waals surface area contributed by atoms with Crippen molar-refractivity contribution in [1.82, 2.24) is 14.5 Å². The molecule has 0 spiro atoms. The van der Waals surface area contributed by atoms with Crippen molar-refractivity contribution in [2.75, 3.05) is 12.0 Å². The zero-order valence-corrected chi connectivity index (χ0v) is 15.1. The van der Waals surface area contributed by atoms with Crippen LogP contribution in [-0.2, 0) is 10.3 Å². The summed E-state index contributed by atoms with van der Waals surface area (Å²) < 4.78 is 14.9. The molecule has 136 valence electrons. The maximum atomic E-state index is 13.0. The number of alkyl halides is 1. The molecule has 1 fully saturated rings. The number of aliphatic hydroxyl groups is 1. The molecule has 6 nitrogen and oxygen atoms in total. The number of amides is 1. The van der Waals surface area contributed by atoms with Crippen molar-refractivity contribution < 1.29 is 14.3 Å². The summed E-state index contributed by atoms with van der Waals surface area (Å²) in [7, 11) is 0. The maximum absolute atomic E-state index is 13.0. The predicted molar refractivity (Wildman–Crippen MR) is 94.5 cm³/mol. The summed E-state index contributed by atoms with van der Waals surface area (Å²) in [6, 6.07) is 3.40. The van der Waals surface area contributed by atoms with Crippen molar-refractivity contribution >= 4 is 34.6 Å². The zero-order chi connectivity index (χ0) is 18.2. The quantitative estimate of drug-likeness (QED) is 0.765. The van der Waals surface area contributed by atoms with Crippen LogP contribution in [0.15, 0.2) is 12.1 Å². The number of nitrogens with one attached hydrogen (secondary N) is 1. The molecule has 1 amide bonds. The minimum absolute atomic E-state index is 0.155. The lowest BCUT2D eigenvalue weighted by Crippen LogP contribution is -2.40. The number of carbonyl (C=O) groups excluding carboxylic acids is 1. The number of rotatable bonds is 6. The van der Waals surface area contributed by atoms with Crippen LogP contribution < -0.4 is 5.32 Å². The fourth-order valence-electron chi connectivity index (χ4n) is 3.18. The lowest BCUT2D eigenvalue weighted by molar-refractivity contribution is -0.122. The molecule has 1 saturated carbocycles. The van der Waals surface area contributed by atoms with Crippen LogP contribution in [0.25, 0.3) is 11.2 Å². The summed E-state index contributed by atoms with van der Waals surface area (Å²) in [4.78, 5) is 21.2. The third-order valence-electron chi connectivity index (χ3n) is 5.09. The van der Waals surface area contributed by atoms with Crippen molar-refractivity contribution in [2.45, 2.75) is 57.1 Å². The van der Waals surface area contributed by atoms with Gasteiger partial charge in [0.25, 0.3) is 0 Å². The van der Waals surface area contributed by atoms with Crippen molar-refractivity contribution in [3.05, 3.63) is 17.3 Å². The van der Waals surface area contributed by atoms with E-state index in [2.05, 4.69) is 22.2 Å². The molecule has 3 rings (SSSR count). The first-order valence-electron chi connectivity index (χ1n) is 8.44. The average molecular weight is 369 g/mol. The summed E-state index contributed by atoms with van der Waals surface area (Å²) in [5, 5.41) is 13.1. The van der Waals surface area contributed by atoms with Crippen LogP contribution in [-0.4, -0.2) is 37.8 Å². The molecule has 1 aliphatic carbocycles. The highest BCUT2D eigenvalue weighted by Gasteiger charge is 2.38. The molecule has 0 saturated heterocycles. The summed E-state index contributed by atoms with van der Waals surface area (Å²) >= 11 is 6.03. The van der Waals surface area contributed by atoms with Crippen molar-refractivity contribution in [2.24, 2.45) is 0 Å². The first-order chi connectivity index (χ1) is 11.8. The highest BCUT2D eigenvalue weighted by Crippen LogP contribution is 2.42. The largest absolute Gasteiger partial charge is 0.387 e. The highest BCUT2D eigenvalue weighted by molar-refractivity contribution is 6.29. The van der Waals surface area contributed by atoms with E-state index in [1.807, 2.05) is 4.57 Å². The molecule has 2 N–H and O–H groups in total. The van der Waals surface area contributed by atoms with Gasteiger partial charge in [-0.25, -0.2) is 14.4 Å². The SMILES string of the molecule is CCC(O)(CF)CC(=O)Nc1nc2ccc(Cl)nc2n1C1(C)CCC1. The Balaban J connectivity index is 1.96. The third-order valence-corrected chi connectivity index (χ3v) is 5.30. The van der Waals surface area contributed by atoms with Crippen LogP contribution in [0.5, 0.6) is 0 Å². The van der Waals surface area contributed by atoms with Crippen LogP contribution in [0.4, 0.5) is 10.3 Å². The number of imidazole rings is 1. The minimum Gasteiger partial charge on any atom is -0.387 e. The zero-order valence-electron chi connectivity index (χ0n) is 14.4. The van der Waals surface area contributed by atoms with Crippen molar-refractivity contribution in [1.29, 1.82) is 0 Å². The first kappa shape index (κ1) is 18.1. The molecule has 0 radical (unpaired) electrons. The van der Waals surface area contributed by atoms with Gasteiger partial charge in [0.05, 0.1) is 6.42 Å². The number of carbonyl (C=O) groups is 1. The van der Waals surface area contributed by atoms with Crippen LogP contribution in [0, 0.1) is 0 Å². The molecule has 1 unspecified atom stereocenters. The standard InChI is InChI=1S/C17H22ClFN4O2/c1-3-17(25,10-19)9-13(24)22-15-20-11-5-6-12(18)21-14(11)23(15)16(2)7-4-8-16/h5-6,25H,3-4,7-10H2,1-2H3,(H,20,22,24). The van der Waals surface area contributed by atoms with Gasteiger partial charge in [-0.15, -0.1) is 0 Å². The third kappa shape index (κ3) is 3.35. The summed E-state index contributed by atoms with van der Waals surface area (Å²) in [5.74, 6) is -0.123. The van der Waals surface area contributed by atoms with E-state index in [4.69, 9.17) is 11.6 Å². The monoisotopic (exact) mass is 368 g/mol. The van der Waals surface area contributed by atoms with E-state index in [9.17, 15) is 14.3 Å². The number of hydrogen-bond donors (Lipinski definition) is 2. The summed E-state index contributed by atoms with van der Waals surface area (Å²) in [6.07, 6.45) is 2.80. The van der Waals surface area contributed by atoms with Crippen LogP contribution in [0.2, 0.25) is 5.15 Å². The normalized spacial score (nSPS) is 18.6. The molecule has 0 aliphatic heterocycles. The van der Waals surface area contributed by atoms with Gasteiger partial charge >= 0.3 is 0 Å². The van der Waals surface area contributed by atoms with Gasteiger partial charge in [-0.3, -0.25) is 14.7 Å². The van der Waals surface area contributed by atoms with Gasteiger partial charge in [0.15, 0.2) is 5.65 Å². The number of anilines is 1. The Morgan fingerprint density at radius 3 is 2.76 bits per heavy atom. The predicted octanol–water partition coefficient (Wildman–Crippen LogP) is 3.42. The second-order valence-corrected chi connectivity index (χ2v) is 7.42. The van der Waals surface area contributed by atoms with E-state index < -0.39 is 18.2 Å². The van der Waals surface area contributed by atoms with Gasteiger partial charge in [0.2, 0.25) is 11.9 Å². The van der Waals surface area contributed by atoms with E-state index in [0.717, 1.165) is 19.3 Å². The minimum atomic E-state index is -1.65. The van der Waals surface area contributed by atoms with Gasteiger partial charge in [-0.2, -0.15) is 0 Å². The van der Waals surface area contributed by atoms with E-state index in [0.29, 0.717) is 22.3 Å². The molecule has 1 atom stereocenters. The molecule has 8 heteroatoms. The molecular weight excluding hydrogens is 347 g/mol. The Hall–Kier alpha value is -1.73. The number of nitrogens with zero attached hydrogens (tertiary/aromatic N) is 3. The van der Waals surface area contributed by atoms with Crippen LogP contribution in [0.3, 0.4) is 0 Å². The number of halogens is 2. The van der Waals surface area contributed by atoms with Gasteiger partial charge in [0, 0.05) is 5.54 Å². The Morgan fingerprint density at radius 1 is 1.48 bits per heavy atom. The molecule has 0 aromatic carbocycles. The Labute approximate surface area is 150 Å². The van der Waals surface area contributed by atoms with E-state index in [-0.39, 0.29) is 18.4 Å².